The van der Waals surface area contributed by atoms with E-state index >= 15 is 0 Å². The first kappa shape index (κ1) is 22.9. The maximum Gasteiger partial charge on any atom is 0.255 e. The summed E-state index contributed by atoms with van der Waals surface area (Å²) >= 11 is 0. The number of para-hydroxylation sites is 1. The van der Waals surface area contributed by atoms with E-state index in [9.17, 15) is 9.59 Å². The molecule has 156 valence electrons. The number of anilines is 1. The summed E-state index contributed by atoms with van der Waals surface area (Å²) in [5.74, 6) is 0.00685. The van der Waals surface area contributed by atoms with E-state index in [0.29, 0.717) is 17.2 Å². The average Bonchev–Trinajstić information content (AvgIpc) is 2.73. The molecule has 0 aliphatic carbocycles. The van der Waals surface area contributed by atoms with Gasteiger partial charge in [0.15, 0.2) is 0 Å². The van der Waals surface area contributed by atoms with Gasteiger partial charge in [-0.3, -0.25) is 9.59 Å². The summed E-state index contributed by atoms with van der Waals surface area (Å²) in [6, 6.07) is 16.4. The van der Waals surface area contributed by atoms with Gasteiger partial charge in [-0.25, -0.2) is 0 Å². The fourth-order valence-corrected chi connectivity index (χ4v) is 3.53. The number of piperidine rings is 1. The molecule has 3 rings (SSSR count). The van der Waals surface area contributed by atoms with Gasteiger partial charge in [-0.2, -0.15) is 0 Å². The summed E-state index contributed by atoms with van der Waals surface area (Å²) in [4.78, 5) is 27.7. The number of hydrogen-bond donors (Lipinski definition) is 2. The highest BCUT2D eigenvalue weighted by Gasteiger charge is 2.26. The molecule has 1 aliphatic heterocycles. The minimum atomic E-state index is -0.429. The Morgan fingerprint density at radius 3 is 2.28 bits per heavy atom. The minimum absolute atomic E-state index is 0. The second kappa shape index (κ2) is 10.4. The number of carbonyl (C=O) groups is 2. The highest BCUT2D eigenvalue weighted by Crippen LogP contribution is 2.24. The van der Waals surface area contributed by atoms with Crippen LogP contribution in [-0.4, -0.2) is 29.8 Å². The number of nitrogens with two attached hydrogens (primary N) is 1. The Morgan fingerprint density at radius 2 is 1.62 bits per heavy atom. The lowest BCUT2D eigenvalue weighted by Crippen LogP contribution is -2.38. The lowest BCUT2D eigenvalue weighted by molar-refractivity contribution is -0.120. The van der Waals surface area contributed by atoms with E-state index in [-0.39, 0.29) is 24.2 Å². The van der Waals surface area contributed by atoms with Crippen molar-refractivity contribution in [2.75, 3.05) is 18.4 Å². The Labute approximate surface area is 179 Å². The number of nitrogens with one attached hydrogen (secondary N) is 1. The van der Waals surface area contributed by atoms with Gasteiger partial charge in [0.05, 0.1) is 17.2 Å². The maximum atomic E-state index is 13.0. The first-order valence-corrected chi connectivity index (χ1v) is 9.97. The van der Waals surface area contributed by atoms with E-state index in [1.54, 1.807) is 12.1 Å². The summed E-state index contributed by atoms with van der Waals surface area (Å²) < 4.78 is 0. The number of nitrogens with zero attached hydrogens (tertiary/aromatic N) is 1. The predicted molar refractivity (Wildman–Crippen MR) is 119 cm³/mol. The zero-order valence-corrected chi connectivity index (χ0v) is 17.8. The Balaban J connectivity index is 0.00000300. The largest absolute Gasteiger partial charge is 0.339 e. The molecule has 1 heterocycles. The molecule has 0 saturated carbocycles. The van der Waals surface area contributed by atoms with Crippen molar-refractivity contribution in [1.82, 2.24) is 4.90 Å². The molecule has 0 spiro atoms. The summed E-state index contributed by atoms with van der Waals surface area (Å²) in [6.07, 6.45) is 2.03. The molecule has 6 heteroatoms. The lowest BCUT2D eigenvalue weighted by Gasteiger charge is -2.31. The molecule has 5 nitrogen and oxygen atoms in total. The van der Waals surface area contributed by atoms with Gasteiger partial charge >= 0.3 is 0 Å². The number of halogens is 1. The first-order chi connectivity index (χ1) is 13.5. The molecule has 0 bridgehead atoms. The van der Waals surface area contributed by atoms with Crippen LogP contribution in [-0.2, 0) is 4.79 Å². The van der Waals surface area contributed by atoms with Crippen molar-refractivity contribution >= 4 is 29.9 Å². The fraction of sp³-hybridized carbons (Fsp3) is 0.391. The van der Waals surface area contributed by atoms with Gasteiger partial charge in [0.25, 0.3) is 5.91 Å². The average molecular weight is 416 g/mol. The summed E-state index contributed by atoms with van der Waals surface area (Å²) in [7, 11) is 0. The van der Waals surface area contributed by atoms with Crippen molar-refractivity contribution < 1.29 is 9.59 Å². The first-order valence-electron chi connectivity index (χ1n) is 9.97. The number of hydrogen-bond acceptors (Lipinski definition) is 3. The van der Waals surface area contributed by atoms with Crippen LogP contribution in [0, 0.1) is 11.8 Å². The van der Waals surface area contributed by atoms with E-state index in [1.165, 1.54) is 0 Å². The molecular formula is C23H30ClN3O2. The maximum absolute atomic E-state index is 13.0. The van der Waals surface area contributed by atoms with E-state index in [1.807, 2.05) is 54.3 Å². The standard InChI is InChI=1S/C23H29N3O2.ClH/c1-16-12-14-26(15-13-16)23(28)19-10-6-7-11-20(19)25-22(27)17(2)21(24)18-8-4-3-5-9-18;/h3-11,16-17,21H,12-15,24H2,1-2H3,(H,25,27);1H. The van der Waals surface area contributed by atoms with Crippen LogP contribution in [0.3, 0.4) is 0 Å². The van der Waals surface area contributed by atoms with Gasteiger partial charge in [0.2, 0.25) is 5.91 Å². The second-order valence-electron chi connectivity index (χ2n) is 7.73. The van der Waals surface area contributed by atoms with Gasteiger partial charge in [-0.1, -0.05) is 56.3 Å². The molecule has 1 aliphatic rings. The fourth-order valence-electron chi connectivity index (χ4n) is 3.53. The monoisotopic (exact) mass is 415 g/mol. The highest BCUT2D eigenvalue weighted by molar-refractivity contribution is 6.04. The third-order valence-corrected chi connectivity index (χ3v) is 5.62. The molecule has 2 aromatic carbocycles. The molecular weight excluding hydrogens is 386 g/mol. The van der Waals surface area contributed by atoms with Gasteiger partial charge in [0, 0.05) is 19.1 Å². The van der Waals surface area contributed by atoms with E-state index < -0.39 is 12.0 Å². The molecule has 29 heavy (non-hydrogen) atoms. The number of amides is 2. The Kier molecular flexibility index (Phi) is 8.23. The molecule has 1 saturated heterocycles. The number of rotatable bonds is 5. The SMILES string of the molecule is CC1CCN(C(=O)c2ccccc2NC(=O)C(C)C(N)c2ccccc2)CC1.Cl. The Bertz CT molecular complexity index is 820. The summed E-state index contributed by atoms with van der Waals surface area (Å²) in [5.41, 5.74) is 8.28. The summed E-state index contributed by atoms with van der Waals surface area (Å²) in [5, 5.41) is 2.92. The van der Waals surface area contributed by atoms with Crippen LogP contribution in [0.25, 0.3) is 0 Å². The van der Waals surface area contributed by atoms with Gasteiger partial charge in [-0.05, 0) is 36.5 Å². The zero-order chi connectivity index (χ0) is 20.1. The van der Waals surface area contributed by atoms with Gasteiger partial charge in [-0.15, -0.1) is 12.4 Å². The normalized spacial score (nSPS) is 16.4. The molecule has 1 fully saturated rings. The lowest BCUT2D eigenvalue weighted by atomic mass is 9.94. The third kappa shape index (κ3) is 5.58. The van der Waals surface area contributed by atoms with Crippen LogP contribution >= 0.6 is 12.4 Å². The van der Waals surface area contributed by atoms with E-state index in [0.717, 1.165) is 31.5 Å². The van der Waals surface area contributed by atoms with Crippen LogP contribution < -0.4 is 11.1 Å². The Morgan fingerprint density at radius 1 is 1.03 bits per heavy atom. The zero-order valence-electron chi connectivity index (χ0n) is 17.0. The quantitative estimate of drug-likeness (QED) is 0.766. The number of carbonyl (C=O) groups excluding carboxylic acids is 2. The minimum Gasteiger partial charge on any atom is -0.339 e. The van der Waals surface area contributed by atoms with Gasteiger partial charge in [0.1, 0.15) is 0 Å². The third-order valence-electron chi connectivity index (χ3n) is 5.62. The van der Waals surface area contributed by atoms with Crippen molar-refractivity contribution in [3.63, 3.8) is 0 Å². The van der Waals surface area contributed by atoms with Crippen LogP contribution in [0.4, 0.5) is 5.69 Å². The predicted octanol–water partition coefficient (Wildman–Crippen LogP) is 4.26. The number of benzene rings is 2. The molecule has 2 amide bonds. The topological polar surface area (TPSA) is 75.4 Å². The molecule has 0 aromatic heterocycles. The van der Waals surface area contributed by atoms with Crippen LogP contribution in [0.1, 0.15) is 48.7 Å². The Hall–Kier alpha value is -2.37. The summed E-state index contributed by atoms with van der Waals surface area (Å²) in [6.45, 7) is 5.55. The van der Waals surface area contributed by atoms with Crippen LogP contribution in [0.5, 0.6) is 0 Å². The molecule has 2 unspecified atom stereocenters. The van der Waals surface area contributed by atoms with Crippen molar-refractivity contribution in [1.29, 1.82) is 0 Å². The van der Waals surface area contributed by atoms with Crippen molar-refractivity contribution in [3.8, 4) is 0 Å². The smallest absolute Gasteiger partial charge is 0.255 e. The van der Waals surface area contributed by atoms with E-state index in [4.69, 9.17) is 5.73 Å². The van der Waals surface area contributed by atoms with Crippen molar-refractivity contribution in [3.05, 3.63) is 65.7 Å². The highest BCUT2D eigenvalue weighted by atomic mass is 35.5. The van der Waals surface area contributed by atoms with Crippen LogP contribution in [0.2, 0.25) is 0 Å². The molecule has 2 atom stereocenters. The van der Waals surface area contributed by atoms with Crippen LogP contribution in [0.15, 0.2) is 54.6 Å². The molecule has 3 N–H and O–H groups in total. The number of likely N-dealkylation sites (tertiary alicyclic amines) is 1. The molecule has 0 radical (unpaired) electrons. The van der Waals surface area contributed by atoms with E-state index in [2.05, 4.69) is 12.2 Å². The second-order valence-corrected chi connectivity index (χ2v) is 7.73. The van der Waals surface area contributed by atoms with Crippen molar-refractivity contribution in [2.24, 2.45) is 17.6 Å². The van der Waals surface area contributed by atoms with Gasteiger partial charge < -0.3 is 16.0 Å². The molecule has 2 aromatic rings. The van der Waals surface area contributed by atoms with Crippen molar-refractivity contribution in [2.45, 2.75) is 32.7 Å².